The zero-order chi connectivity index (χ0) is 17.2. The van der Waals surface area contributed by atoms with Crippen molar-refractivity contribution in [3.63, 3.8) is 0 Å². The van der Waals surface area contributed by atoms with Crippen LogP contribution < -0.4 is 4.74 Å². The van der Waals surface area contributed by atoms with Crippen LogP contribution in [0.25, 0.3) is 0 Å². The molecule has 122 valence electrons. The standard InChI is InChI=1S/C16H14F2O4S/c1-10(19)16(22-15-8-5-12(17)9-14(15)18)11-3-6-13(7-4-11)23(2,20)21/h3-9,16,19H,1H2,2H3. The second kappa shape index (κ2) is 6.37. The maximum atomic E-state index is 13.7. The first kappa shape index (κ1) is 17.0. The van der Waals surface area contributed by atoms with Gasteiger partial charge in [-0.2, -0.15) is 0 Å². The Morgan fingerprint density at radius 2 is 1.78 bits per heavy atom. The van der Waals surface area contributed by atoms with E-state index in [2.05, 4.69) is 6.58 Å². The van der Waals surface area contributed by atoms with E-state index in [1.807, 2.05) is 0 Å². The lowest BCUT2D eigenvalue weighted by molar-refractivity contribution is 0.172. The highest BCUT2D eigenvalue weighted by Crippen LogP contribution is 2.29. The van der Waals surface area contributed by atoms with Gasteiger partial charge in [-0.25, -0.2) is 17.2 Å². The molecule has 0 saturated carbocycles. The van der Waals surface area contributed by atoms with Crippen LogP contribution in [0.5, 0.6) is 5.75 Å². The number of rotatable bonds is 5. The summed E-state index contributed by atoms with van der Waals surface area (Å²) in [6.07, 6.45) is -0.0574. The van der Waals surface area contributed by atoms with Crippen molar-refractivity contribution in [1.29, 1.82) is 0 Å². The van der Waals surface area contributed by atoms with Crippen molar-refractivity contribution >= 4 is 9.84 Å². The van der Waals surface area contributed by atoms with Gasteiger partial charge in [-0.15, -0.1) is 0 Å². The van der Waals surface area contributed by atoms with Crippen LogP contribution in [0.1, 0.15) is 11.7 Å². The van der Waals surface area contributed by atoms with Crippen molar-refractivity contribution in [1.82, 2.24) is 0 Å². The number of aliphatic hydroxyl groups excluding tert-OH is 1. The molecule has 2 rings (SSSR count). The predicted octanol–water partition coefficient (Wildman–Crippen LogP) is 3.56. The second-order valence-electron chi connectivity index (χ2n) is 4.91. The molecule has 23 heavy (non-hydrogen) atoms. The van der Waals surface area contributed by atoms with Crippen LogP contribution in [0, 0.1) is 11.6 Å². The van der Waals surface area contributed by atoms with Gasteiger partial charge in [0.2, 0.25) is 0 Å². The van der Waals surface area contributed by atoms with E-state index in [-0.39, 0.29) is 10.6 Å². The van der Waals surface area contributed by atoms with Crippen molar-refractivity contribution in [2.45, 2.75) is 11.0 Å². The van der Waals surface area contributed by atoms with Crippen LogP contribution in [0.4, 0.5) is 8.78 Å². The maximum absolute atomic E-state index is 13.7. The SMILES string of the molecule is C=C(O)C(Oc1ccc(F)cc1F)c1ccc(S(C)(=O)=O)cc1. The first-order chi connectivity index (χ1) is 10.7. The Balaban J connectivity index is 2.33. The molecule has 2 aromatic rings. The summed E-state index contributed by atoms with van der Waals surface area (Å²) in [7, 11) is -3.36. The van der Waals surface area contributed by atoms with E-state index >= 15 is 0 Å². The summed E-state index contributed by atoms with van der Waals surface area (Å²) >= 11 is 0. The molecule has 0 aliphatic carbocycles. The number of benzene rings is 2. The van der Waals surface area contributed by atoms with Crippen molar-refractivity contribution in [2.75, 3.05) is 6.26 Å². The fraction of sp³-hybridized carbons (Fsp3) is 0.125. The third-order valence-electron chi connectivity index (χ3n) is 3.05. The van der Waals surface area contributed by atoms with Gasteiger partial charge >= 0.3 is 0 Å². The van der Waals surface area contributed by atoms with Gasteiger partial charge in [0.25, 0.3) is 0 Å². The predicted molar refractivity (Wildman–Crippen MR) is 81.0 cm³/mol. The van der Waals surface area contributed by atoms with Crippen LogP contribution in [0.2, 0.25) is 0 Å². The van der Waals surface area contributed by atoms with E-state index in [1.165, 1.54) is 24.3 Å². The Hall–Kier alpha value is -2.41. The minimum absolute atomic E-state index is 0.0940. The lowest BCUT2D eigenvalue weighted by atomic mass is 10.1. The fourth-order valence-electron chi connectivity index (χ4n) is 1.92. The first-order valence-electron chi connectivity index (χ1n) is 6.48. The minimum atomic E-state index is -3.36. The highest BCUT2D eigenvalue weighted by atomic mass is 32.2. The van der Waals surface area contributed by atoms with E-state index in [9.17, 15) is 22.3 Å². The second-order valence-corrected chi connectivity index (χ2v) is 6.92. The van der Waals surface area contributed by atoms with Gasteiger partial charge in [0.05, 0.1) is 4.90 Å². The molecule has 7 heteroatoms. The fourth-order valence-corrected chi connectivity index (χ4v) is 2.55. The molecule has 0 heterocycles. The number of halogens is 2. The van der Waals surface area contributed by atoms with E-state index in [0.717, 1.165) is 18.4 Å². The zero-order valence-electron chi connectivity index (χ0n) is 12.2. The monoisotopic (exact) mass is 340 g/mol. The van der Waals surface area contributed by atoms with Crippen LogP contribution in [0.3, 0.4) is 0 Å². The molecule has 0 saturated heterocycles. The van der Waals surface area contributed by atoms with Crippen molar-refractivity contribution < 1.29 is 27.0 Å². The molecule has 0 aliphatic rings. The average Bonchev–Trinajstić information content (AvgIpc) is 2.45. The van der Waals surface area contributed by atoms with Gasteiger partial charge < -0.3 is 9.84 Å². The van der Waals surface area contributed by atoms with Crippen LogP contribution in [-0.2, 0) is 9.84 Å². The van der Waals surface area contributed by atoms with Crippen LogP contribution >= 0.6 is 0 Å². The summed E-state index contributed by atoms with van der Waals surface area (Å²) in [5.74, 6) is -2.35. The lowest BCUT2D eigenvalue weighted by Gasteiger charge is -2.19. The Morgan fingerprint density at radius 3 is 2.26 bits per heavy atom. The van der Waals surface area contributed by atoms with Gasteiger partial charge in [-0.05, 0) is 24.3 Å². The van der Waals surface area contributed by atoms with Crippen molar-refractivity contribution in [3.05, 3.63) is 72.0 Å². The first-order valence-corrected chi connectivity index (χ1v) is 8.37. The Labute approximate surface area is 132 Å². The van der Waals surface area contributed by atoms with Crippen molar-refractivity contribution in [2.24, 2.45) is 0 Å². The molecular formula is C16H14F2O4S. The summed E-state index contributed by atoms with van der Waals surface area (Å²) in [5, 5.41) is 9.67. The summed E-state index contributed by atoms with van der Waals surface area (Å²) < 4.78 is 54.8. The molecule has 0 bridgehead atoms. The highest BCUT2D eigenvalue weighted by Gasteiger charge is 2.20. The topological polar surface area (TPSA) is 63.6 Å². The highest BCUT2D eigenvalue weighted by molar-refractivity contribution is 7.90. The maximum Gasteiger partial charge on any atom is 0.180 e. The molecule has 0 fully saturated rings. The van der Waals surface area contributed by atoms with Gasteiger partial charge in [-0.1, -0.05) is 18.7 Å². The Bertz CT molecular complexity index is 830. The summed E-state index contributed by atoms with van der Waals surface area (Å²) in [6, 6.07) is 8.27. The van der Waals surface area contributed by atoms with Crippen LogP contribution in [0.15, 0.2) is 59.7 Å². The van der Waals surface area contributed by atoms with Gasteiger partial charge in [0.1, 0.15) is 11.6 Å². The largest absolute Gasteiger partial charge is 0.509 e. The summed E-state index contributed by atoms with van der Waals surface area (Å²) in [6.45, 7) is 3.36. The lowest BCUT2D eigenvalue weighted by Crippen LogP contribution is -2.11. The molecule has 0 aliphatic heterocycles. The molecule has 0 radical (unpaired) electrons. The number of ether oxygens (including phenoxy) is 1. The third kappa shape index (κ3) is 4.07. The summed E-state index contributed by atoms with van der Waals surface area (Å²) in [5.41, 5.74) is 0.369. The normalized spacial score (nSPS) is 12.7. The van der Waals surface area contributed by atoms with E-state index < -0.39 is 33.3 Å². The smallest absolute Gasteiger partial charge is 0.180 e. The number of sulfone groups is 1. The van der Waals surface area contributed by atoms with Crippen LogP contribution in [-0.4, -0.2) is 19.8 Å². The Kier molecular flexibility index (Phi) is 4.70. The molecule has 0 aromatic heterocycles. The Morgan fingerprint density at radius 1 is 1.17 bits per heavy atom. The van der Waals surface area contributed by atoms with Gasteiger partial charge in [-0.3, -0.25) is 0 Å². The average molecular weight is 340 g/mol. The minimum Gasteiger partial charge on any atom is -0.509 e. The quantitative estimate of drug-likeness (QED) is 0.846. The summed E-state index contributed by atoms with van der Waals surface area (Å²) in [4.78, 5) is 0.0940. The molecule has 4 nitrogen and oxygen atoms in total. The molecule has 0 amide bonds. The van der Waals surface area contributed by atoms with E-state index in [4.69, 9.17) is 4.74 Å². The number of hydrogen-bond acceptors (Lipinski definition) is 4. The molecule has 1 unspecified atom stereocenters. The molecular weight excluding hydrogens is 326 g/mol. The number of aliphatic hydroxyl groups is 1. The number of hydrogen-bond donors (Lipinski definition) is 1. The van der Waals surface area contributed by atoms with Gasteiger partial charge in [0.15, 0.2) is 27.5 Å². The molecule has 2 aromatic carbocycles. The molecule has 1 atom stereocenters. The van der Waals surface area contributed by atoms with Gasteiger partial charge in [0, 0.05) is 17.9 Å². The van der Waals surface area contributed by atoms with E-state index in [1.54, 1.807) is 0 Å². The van der Waals surface area contributed by atoms with Crippen molar-refractivity contribution in [3.8, 4) is 5.75 Å². The van der Waals surface area contributed by atoms with E-state index in [0.29, 0.717) is 11.6 Å². The molecule has 0 spiro atoms. The third-order valence-corrected chi connectivity index (χ3v) is 4.18. The molecule has 1 N–H and O–H groups in total. The zero-order valence-corrected chi connectivity index (χ0v) is 13.0.